The highest BCUT2D eigenvalue weighted by atomic mass is 15.2. The van der Waals surface area contributed by atoms with Gasteiger partial charge in [0.2, 0.25) is 0 Å². The van der Waals surface area contributed by atoms with Crippen molar-refractivity contribution in [1.29, 1.82) is 0 Å². The van der Waals surface area contributed by atoms with Gasteiger partial charge >= 0.3 is 0 Å². The molecule has 1 saturated heterocycles. The van der Waals surface area contributed by atoms with Gasteiger partial charge in [0.1, 0.15) is 0 Å². The quantitative estimate of drug-likeness (QED) is 0.767. The number of hydrogen-bond acceptors (Lipinski definition) is 2. The van der Waals surface area contributed by atoms with E-state index in [1.165, 1.54) is 58.2 Å². The SMILES string of the molecule is CCC(CNC1CC1)N1CC2CCCC2C1. The molecule has 3 rings (SSSR count). The van der Waals surface area contributed by atoms with Crippen LogP contribution in [0.5, 0.6) is 0 Å². The molecule has 0 bridgehead atoms. The molecule has 3 aliphatic rings. The van der Waals surface area contributed by atoms with Crippen molar-refractivity contribution in [1.82, 2.24) is 10.2 Å². The van der Waals surface area contributed by atoms with E-state index in [0.717, 1.165) is 23.9 Å². The molecule has 1 aliphatic heterocycles. The Kier molecular flexibility index (Phi) is 3.21. The van der Waals surface area contributed by atoms with Gasteiger partial charge in [-0.2, -0.15) is 0 Å². The average Bonchev–Trinajstić information content (AvgIpc) is 2.85. The van der Waals surface area contributed by atoms with Crippen molar-refractivity contribution in [3.8, 4) is 0 Å². The molecule has 0 aromatic rings. The summed E-state index contributed by atoms with van der Waals surface area (Å²) in [5, 5.41) is 3.71. The largest absolute Gasteiger partial charge is 0.312 e. The molecule has 0 spiro atoms. The second-order valence-corrected chi connectivity index (χ2v) is 6.15. The lowest BCUT2D eigenvalue weighted by Crippen LogP contribution is -2.41. The van der Waals surface area contributed by atoms with E-state index in [1.807, 2.05) is 0 Å². The average molecular weight is 222 g/mol. The maximum Gasteiger partial charge on any atom is 0.0218 e. The van der Waals surface area contributed by atoms with Crippen LogP contribution in [0.1, 0.15) is 45.4 Å². The third-order valence-corrected chi connectivity index (χ3v) is 4.96. The molecular weight excluding hydrogens is 196 g/mol. The highest BCUT2D eigenvalue weighted by Gasteiger charge is 2.38. The number of nitrogens with zero attached hydrogens (tertiary/aromatic N) is 1. The first-order valence-electron chi connectivity index (χ1n) is 7.34. The zero-order valence-electron chi connectivity index (χ0n) is 10.6. The fraction of sp³-hybridized carbons (Fsp3) is 1.00. The summed E-state index contributed by atoms with van der Waals surface area (Å²) in [5.41, 5.74) is 0. The van der Waals surface area contributed by atoms with Crippen LogP contribution >= 0.6 is 0 Å². The molecule has 0 amide bonds. The summed E-state index contributed by atoms with van der Waals surface area (Å²) in [6.07, 6.45) is 8.67. The topological polar surface area (TPSA) is 15.3 Å². The zero-order valence-corrected chi connectivity index (χ0v) is 10.6. The van der Waals surface area contributed by atoms with Crippen LogP contribution in [0.25, 0.3) is 0 Å². The fourth-order valence-electron chi connectivity index (χ4n) is 3.69. The Morgan fingerprint density at radius 1 is 1.12 bits per heavy atom. The normalized spacial score (nSPS) is 36.6. The van der Waals surface area contributed by atoms with Crippen LogP contribution in [0.3, 0.4) is 0 Å². The van der Waals surface area contributed by atoms with E-state index in [-0.39, 0.29) is 0 Å². The van der Waals surface area contributed by atoms with E-state index in [2.05, 4.69) is 17.1 Å². The van der Waals surface area contributed by atoms with Gasteiger partial charge in [0.15, 0.2) is 0 Å². The summed E-state index contributed by atoms with van der Waals surface area (Å²) in [6, 6.07) is 1.68. The number of likely N-dealkylation sites (tertiary alicyclic amines) is 1. The molecule has 0 radical (unpaired) electrons. The van der Waals surface area contributed by atoms with E-state index in [0.29, 0.717) is 0 Å². The summed E-state index contributed by atoms with van der Waals surface area (Å²) in [6.45, 7) is 6.39. The van der Waals surface area contributed by atoms with Crippen LogP contribution < -0.4 is 5.32 Å². The van der Waals surface area contributed by atoms with Crippen molar-refractivity contribution in [2.45, 2.75) is 57.5 Å². The van der Waals surface area contributed by atoms with Gasteiger partial charge in [-0.05, 0) is 43.9 Å². The summed E-state index contributed by atoms with van der Waals surface area (Å²) in [4.78, 5) is 2.78. The van der Waals surface area contributed by atoms with Crippen LogP contribution in [0, 0.1) is 11.8 Å². The summed E-state index contributed by atoms with van der Waals surface area (Å²) in [7, 11) is 0. The zero-order chi connectivity index (χ0) is 11.0. The second-order valence-electron chi connectivity index (χ2n) is 6.15. The predicted molar refractivity (Wildman–Crippen MR) is 67.5 cm³/mol. The maximum atomic E-state index is 3.71. The Hall–Kier alpha value is -0.0800. The molecule has 1 N–H and O–H groups in total. The van der Waals surface area contributed by atoms with Crippen LogP contribution in [0.15, 0.2) is 0 Å². The van der Waals surface area contributed by atoms with Crippen LogP contribution in [-0.4, -0.2) is 36.6 Å². The van der Waals surface area contributed by atoms with Gasteiger partial charge in [-0.25, -0.2) is 0 Å². The molecular formula is C14H26N2. The molecule has 0 aromatic carbocycles. The highest BCUT2D eigenvalue weighted by molar-refractivity contribution is 4.92. The molecule has 2 saturated carbocycles. The Morgan fingerprint density at radius 2 is 1.81 bits per heavy atom. The van der Waals surface area contributed by atoms with Crippen molar-refractivity contribution < 1.29 is 0 Å². The van der Waals surface area contributed by atoms with Gasteiger partial charge in [0.25, 0.3) is 0 Å². The Morgan fingerprint density at radius 3 is 2.38 bits per heavy atom. The van der Waals surface area contributed by atoms with Gasteiger partial charge in [0.05, 0.1) is 0 Å². The minimum Gasteiger partial charge on any atom is -0.312 e. The molecule has 3 atom stereocenters. The maximum absolute atomic E-state index is 3.71. The van der Waals surface area contributed by atoms with E-state index in [1.54, 1.807) is 0 Å². The molecule has 92 valence electrons. The third-order valence-electron chi connectivity index (χ3n) is 4.96. The second kappa shape index (κ2) is 4.66. The van der Waals surface area contributed by atoms with Gasteiger partial charge in [-0.3, -0.25) is 4.90 Å². The summed E-state index contributed by atoms with van der Waals surface area (Å²) in [5.74, 6) is 2.10. The molecule has 3 unspecified atom stereocenters. The first kappa shape index (κ1) is 11.0. The van der Waals surface area contributed by atoms with Crippen molar-refractivity contribution in [2.75, 3.05) is 19.6 Å². The Labute approximate surface area is 99.8 Å². The lowest BCUT2D eigenvalue weighted by atomic mass is 10.0. The van der Waals surface area contributed by atoms with E-state index in [4.69, 9.17) is 0 Å². The molecule has 1 heterocycles. The lowest BCUT2D eigenvalue weighted by molar-refractivity contribution is 0.212. The molecule has 2 heteroatoms. The molecule has 2 aliphatic carbocycles. The number of nitrogens with one attached hydrogen (secondary N) is 1. The molecule has 16 heavy (non-hydrogen) atoms. The van der Waals surface area contributed by atoms with Gasteiger partial charge < -0.3 is 5.32 Å². The predicted octanol–water partition coefficient (Wildman–Crippen LogP) is 2.25. The van der Waals surface area contributed by atoms with Crippen LogP contribution in [0.4, 0.5) is 0 Å². The summed E-state index contributed by atoms with van der Waals surface area (Å²) < 4.78 is 0. The van der Waals surface area contributed by atoms with Gasteiger partial charge in [-0.1, -0.05) is 13.3 Å². The van der Waals surface area contributed by atoms with Crippen LogP contribution in [0.2, 0.25) is 0 Å². The van der Waals surface area contributed by atoms with E-state index in [9.17, 15) is 0 Å². The lowest BCUT2D eigenvalue weighted by Gasteiger charge is -2.28. The number of hydrogen-bond donors (Lipinski definition) is 1. The highest BCUT2D eigenvalue weighted by Crippen LogP contribution is 2.38. The first-order chi connectivity index (χ1) is 7.86. The van der Waals surface area contributed by atoms with Gasteiger partial charge in [-0.15, -0.1) is 0 Å². The molecule has 0 aromatic heterocycles. The standard InChI is InChI=1S/C14H26N2/c1-2-14(8-15-13-6-7-13)16-9-11-4-3-5-12(11)10-16/h11-15H,2-10H2,1H3. The monoisotopic (exact) mass is 222 g/mol. The van der Waals surface area contributed by atoms with E-state index < -0.39 is 0 Å². The Bertz CT molecular complexity index is 225. The molecule has 3 fully saturated rings. The number of fused-ring (bicyclic) bond motifs is 1. The Balaban J connectivity index is 1.50. The van der Waals surface area contributed by atoms with Gasteiger partial charge in [0, 0.05) is 31.7 Å². The van der Waals surface area contributed by atoms with Crippen molar-refractivity contribution in [2.24, 2.45) is 11.8 Å². The van der Waals surface area contributed by atoms with Crippen LogP contribution in [-0.2, 0) is 0 Å². The van der Waals surface area contributed by atoms with E-state index >= 15 is 0 Å². The van der Waals surface area contributed by atoms with Crippen molar-refractivity contribution >= 4 is 0 Å². The molecule has 2 nitrogen and oxygen atoms in total. The minimum atomic E-state index is 0.811. The number of rotatable bonds is 5. The third kappa shape index (κ3) is 2.28. The van der Waals surface area contributed by atoms with Crippen molar-refractivity contribution in [3.63, 3.8) is 0 Å². The van der Waals surface area contributed by atoms with Crippen molar-refractivity contribution in [3.05, 3.63) is 0 Å². The minimum absolute atomic E-state index is 0.811. The smallest absolute Gasteiger partial charge is 0.0218 e. The first-order valence-corrected chi connectivity index (χ1v) is 7.34. The fourth-order valence-corrected chi connectivity index (χ4v) is 3.69. The summed E-state index contributed by atoms with van der Waals surface area (Å²) >= 11 is 0.